The Hall–Kier alpha value is -2.30. The molecule has 0 aliphatic carbocycles. The zero-order valence-electron chi connectivity index (χ0n) is 7.68. The minimum absolute atomic E-state index is 0.0242. The maximum Gasteiger partial charge on any atom is 0.339 e. The fourth-order valence-electron chi connectivity index (χ4n) is 1.27. The summed E-state index contributed by atoms with van der Waals surface area (Å²) < 4.78 is 5.12. The van der Waals surface area contributed by atoms with E-state index in [0.717, 1.165) is 0 Å². The number of furan rings is 1. The molecule has 5 heteroatoms. The number of carboxylic acid groups (broad SMARTS) is 1. The van der Waals surface area contributed by atoms with E-state index in [1.165, 1.54) is 18.7 Å². The fourth-order valence-corrected chi connectivity index (χ4v) is 1.27. The number of nitrogen functional groups attached to an aromatic ring is 1. The summed E-state index contributed by atoms with van der Waals surface area (Å²) in [5, 5.41) is 8.84. The molecule has 2 aromatic rings. The van der Waals surface area contributed by atoms with Crippen molar-refractivity contribution in [1.82, 2.24) is 4.98 Å². The molecule has 0 aliphatic rings. The number of carbonyl (C=O) groups is 1. The van der Waals surface area contributed by atoms with Crippen LogP contribution >= 0.6 is 0 Å². The Kier molecular flexibility index (Phi) is 2.13. The van der Waals surface area contributed by atoms with Gasteiger partial charge in [-0.1, -0.05) is 0 Å². The molecule has 0 atom stereocenters. The normalized spacial score (nSPS) is 10.1. The van der Waals surface area contributed by atoms with E-state index in [9.17, 15) is 4.79 Å². The third kappa shape index (κ3) is 1.54. The topological polar surface area (TPSA) is 89.4 Å². The minimum atomic E-state index is -1.10. The van der Waals surface area contributed by atoms with Crippen LogP contribution in [0, 0.1) is 0 Å². The number of rotatable bonds is 2. The van der Waals surface area contributed by atoms with Crippen molar-refractivity contribution in [3.63, 3.8) is 0 Å². The largest absolute Gasteiger partial charge is 0.478 e. The van der Waals surface area contributed by atoms with E-state index >= 15 is 0 Å². The van der Waals surface area contributed by atoms with Gasteiger partial charge >= 0.3 is 5.97 Å². The second-order valence-corrected chi connectivity index (χ2v) is 2.93. The van der Waals surface area contributed by atoms with Gasteiger partial charge in [0.15, 0.2) is 0 Å². The maximum absolute atomic E-state index is 10.8. The summed E-state index contributed by atoms with van der Waals surface area (Å²) in [4.78, 5) is 14.6. The quantitative estimate of drug-likeness (QED) is 0.775. The first kappa shape index (κ1) is 9.26. The number of nitrogens with zero attached hydrogens (tertiary/aromatic N) is 1. The third-order valence-electron chi connectivity index (χ3n) is 2.00. The lowest BCUT2D eigenvalue weighted by Gasteiger charge is -2.04. The number of pyridine rings is 1. The van der Waals surface area contributed by atoms with Gasteiger partial charge in [-0.3, -0.25) is 4.98 Å². The second kappa shape index (κ2) is 3.45. The predicted molar refractivity (Wildman–Crippen MR) is 53.3 cm³/mol. The average Bonchev–Trinajstić information content (AvgIpc) is 2.70. The predicted octanol–water partition coefficient (Wildman–Crippen LogP) is 1.62. The molecule has 15 heavy (non-hydrogen) atoms. The summed E-state index contributed by atoms with van der Waals surface area (Å²) in [6, 6.07) is 3.39. The molecule has 0 spiro atoms. The lowest BCUT2D eigenvalue weighted by molar-refractivity contribution is 0.0697. The number of hydrogen-bond acceptors (Lipinski definition) is 4. The van der Waals surface area contributed by atoms with Crippen LogP contribution in [0.1, 0.15) is 10.4 Å². The highest BCUT2D eigenvalue weighted by atomic mass is 16.4. The lowest BCUT2D eigenvalue weighted by Crippen LogP contribution is -2.04. The van der Waals surface area contributed by atoms with Crippen molar-refractivity contribution in [2.45, 2.75) is 0 Å². The van der Waals surface area contributed by atoms with Crippen LogP contribution in [0.2, 0.25) is 0 Å². The van der Waals surface area contributed by atoms with Gasteiger partial charge in [0.1, 0.15) is 11.3 Å². The van der Waals surface area contributed by atoms with Crippen molar-refractivity contribution in [3.8, 4) is 11.3 Å². The molecule has 0 aromatic carbocycles. The molecule has 0 radical (unpaired) electrons. The molecular formula is C10H8N2O3. The first-order chi connectivity index (χ1) is 7.20. The van der Waals surface area contributed by atoms with Gasteiger partial charge in [-0.05, 0) is 12.1 Å². The summed E-state index contributed by atoms with van der Waals surface area (Å²) in [7, 11) is 0. The molecule has 76 valence electrons. The van der Waals surface area contributed by atoms with Gasteiger partial charge in [0, 0.05) is 12.4 Å². The van der Waals surface area contributed by atoms with Crippen molar-refractivity contribution in [1.29, 1.82) is 0 Å². The molecule has 0 fully saturated rings. The summed E-state index contributed by atoms with van der Waals surface area (Å²) in [6.07, 6.45) is 4.17. The molecule has 2 aromatic heterocycles. The van der Waals surface area contributed by atoms with Crippen LogP contribution in [0.4, 0.5) is 5.69 Å². The van der Waals surface area contributed by atoms with E-state index in [0.29, 0.717) is 11.3 Å². The smallest absolute Gasteiger partial charge is 0.339 e. The van der Waals surface area contributed by atoms with Crippen LogP contribution in [0.15, 0.2) is 35.2 Å². The molecule has 0 saturated heterocycles. The van der Waals surface area contributed by atoms with Crippen molar-refractivity contribution < 1.29 is 14.3 Å². The van der Waals surface area contributed by atoms with Crippen molar-refractivity contribution in [2.24, 2.45) is 0 Å². The van der Waals surface area contributed by atoms with Crippen molar-refractivity contribution in [2.75, 3.05) is 5.73 Å². The van der Waals surface area contributed by atoms with E-state index in [-0.39, 0.29) is 11.3 Å². The number of aromatic carboxylic acids is 1. The lowest BCUT2D eigenvalue weighted by atomic mass is 10.1. The van der Waals surface area contributed by atoms with Crippen LogP contribution in [0.3, 0.4) is 0 Å². The number of carboxylic acids is 1. The van der Waals surface area contributed by atoms with E-state index in [1.54, 1.807) is 12.1 Å². The molecule has 3 N–H and O–H groups in total. The van der Waals surface area contributed by atoms with Gasteiger partial charge in [-0.15, -0.1) is 0 Å². The molecule has 0 saturated carbocycles. The molecular weight excluding hydrogens is 196 g/mol. The van der Waals surface area contributed by atoms with Gasteiger partial charge in [0.25, 0.3) is 0 Å². The van der Waals surface area contributed by atoms with Crippen molar-refractivity contribution in [3.05, 3.63) is 36.4 Å². The van der Waals surface area contributed by atoms with Crippen LogP contribution in [0.5, 0.6) is 0 Å². The summed E-state index contributed by atoms with van der Waals surface area (Å²) in [6.45, 7) is 0. The van der Waals surface area contributed by atoms with Crippen LogP contribution in [-0.4, -0.2) is 16.1 Å². The Balaban J connectivity index is 2.59. The van der Waals surface area contributed by atoms with Gasteiger partial charge in [-0.2, -0.15) is 0 Å². The highest BCUT2D eigenvalue weighted by Crippen LogP contribution is 2.27. The van der Waals surface area contributed by atoms with E-state index < -0.39 is 5.97 Å². The molecule has 0 amide bonds. The summed E-state index contributed by atoms with van der Waals surface area (Å²) in [5.41, 5.74) is 6.32. The SMILES string of the molecule is Nc1c(C(=O)O)cncc1-c1ccco1. The monoisotopic (exact) mass is 204 g/mol. The Morgan fingerprint density at radius 2 is 2.27 bits per heavy atom. The Bertz CT molecular complexity index is 491. The Morgan fingerprint density at radius 3 is 2.87 bits per heavy atom. The van der Waals surface area contributed by atoms with Crippen LogP contribution in [0.25, 0.3) is 11.3 Å². The first-order valence-corrected chi connectivity index (χ1v) is 4.21. The zero-order chi connectivity index (χ0) is 10.8. The van der Waals surface area contributed by atoms with Crippen LogP contribution in [-0.2, 0) is 0 Å². The Morgan fingerprint density at radius 1 is 1.47 bits per heavy atom. The Labute approximate surface area is 85.2 Å². The number of hydrogen-bond donors (Lipinski definition) is 2. The highest BCUT2D eigenvalue weighted by molar-refractivity contribution is 5.97. The van der Waals surface area contributed by atoms with E-state index in [1.807, 2.05) is 0 Å². The van der Waals surface area contributed by atoms with Crippen LogP contribution < -0.4 is 5.73 Å². The fraction of sp³-hybridized carbons (Fsp3) is 0. The minimum Gasteiger partial charge on any atom is -0.478 e. The summed E-state index contributed by atoms with van der Waals surface area (Å²) in [5.74, 6) is -0.600. The number of anilines is 1. The second-order valence-electron chi connectivity index (χ2n) is 2.93. The molecule has 2 heterocycles. The third-order valence-corrected chi connectivity index (χ3v) is 2.00. The van der Waals surface area contributed by atoms with Gasteiger partial charge in [-0.25, -0.2) is 4.79 Å². The first-order valence-electron chi connectivity index (χ1n) is 4.21. The highest BCUT2D eigenvalue weighted by Gasteiger charge is 2.14. The van der Waals surface area contributed by atoms with Crippen molar-refractivity contribution >= 4 is 11.7 Å². The van der Waals surface area contributed by atoms with Gasteiger partial charge in [0.05, 0.1) is 17.5 Å². The molecule has 5 nitrogen and oxygen atoms in total. The van der Waals surface area contributed by atoms with E-state index in [2.05, 4.69) is 4.98 Å². The van der Waals surface area contributed by atoms with E-state index in [4.69, 9.17) is 15.3 Å². The molecule has 2 rings (SSSR count). The maximum atomic E-state index is 10.8. The van der Waals surface area contributed by atoms with Gasteiger partial charge < -0.3 is 15.3 Å². The average molecular weight is 204 g/mol. The summed E-state index contributed by atoms with van der Waals surface area (Å²) >= 11 is 0. The number of nitrogens with two attached hydrogens (primary N) is 1. The zero-order valence-corrected chi connectivity index (χ0v) is 7.68. The standard InChI is InChI=1S/C10H8N2O3/c11-9-6(8-2-1-3-15-8)4-12-5-7(9)10(13)14/h1-5H,(H2,11,12)(H,13,14). The molecule has 0 aliphatic heterocycles. The van der Waals surface area contributed by atoms with Gasteiger partial charge in [0.2, 0.25) is 0 Å². The molecule has 0 unspecified atom stereocenters. The molecule has 0 bridgehead atoms. The number of aromatic nitrogens is 1.